The van der Waals surface area contributed by atoms with Crippen LogP contribution in [0.1, 0.15) is 25.7 Å². The van der Waals surface area contributed by atoms with Crippen LogP contribution in [0.4, 0.5) is 0 Å². The van der Waals surface area contributed by atoms with Crippen molar-refractivity contribution >= 4 is 0 Å². The first-order valence-corrected chi connectivity index (χ1v) is 4.75. The van der Waals surface area contributed by atoms with E-state index in [9.17, 15) is 5.11 Å². The van der Waals surface area contributed by atoms with Crippen LogP contribution in [-0.2, 0) is 0 Å². The van der Waals surface area contributed by atoms with Gasteiger partial charge in [-0.1, -0.05) is 18.2 Å². The summed E-state index contributed by atoms with van der Waals surface area (Å²) in [4.78, 5) is 0. The smallest absolute Gasteiger partial charge is 0.208 e. The third-order valence-electron chi connectivity index (χ3n) is 2.44. The fourth-order valence-corrected chi connectivity index (χ4v) is 1.74. The molecule has 1 fully saturated rings. The summed E-state index contributed by atoms with van der Waals surface area (Å²) in [5.74, 6) is -0.145. The summed E-state index contributed by atoms with van der Waals surface area (Å²) in [7, 11) is 0. The zero-order chi connectivity index (χ0) is 9.15. The zero-order valence-corrected chi connectivity index (χ0v) is 7.57. The Labute approximate surface area is 78.2 Å². The Kier molecular flexibility index (Phi) is 2.23. The van der Waals surface area contributed by atoms with E-state index in [0.29, 0.717) is 0 Å². The van der Waals surface area contributed by atoms with E-state index in [1.54, 1.807) is 0 Å². The topological polar surface area (TPSA) is 29.5 Å². The largest absolute Gasteiger partial charge is 0.463 e. The van der Waals surface area contributed by atoms with Crippen molar-refractivity contribution in [1.29, 1.82) is 0 Å². The summed E-state index contributed by atoms with van der Waals surface area (Å²) < 4.78 is 5.52. The number of para-hydroxylation sites is 1. The van der Waals surface area contributed by atoms with Crippen LogP contribution in [0.2, 0.25) is 0 Å². The maximum absolute atomic E-state index is 9.92. The Balaban J connectivity index is 2.05. The molecule has 1 aliphatic rings. The summed E-state index contributed by atoms with van der Waals surface area (Å²) in [5, 5.41) is 9.92. The van der Waals surface area contributed by atoms with Gasteiger partial charge in [-0.2, -0.15) is 0 Å². The molecule has 0 aromatic heterocycles. The third-order valence-corrected chi connectivity index (χ3v) is 2.44. The molecule has 70 valence electrons. The van der Waals surface area contributed by atoms with Gasteiger partial charge in [0.25, 0.3) is 0 Å². The molecule has 0 unspecified atom stereocenters. The molecule has 0 bridgehead atoms. The molecule has 0 heterocycles. The fraction of sp³-hybridized carbons (Fsp3) is 0.455. The third kappa shape index (κ3) is 2.01. The van der Waals surface area contributed by atoms with E-state index in [2.05, 4.69) is 0 Å². The van der Waals surface area contributed by atoms with E-state index in [4.69, 9.17) is 4.74 Å². The van der Waals surface area contributed by atoms with Crippen molar-refractivity contribution in [3.63, 3.8) is 0 Å². The lowest BCUT2D eigenvalue weighted by molar-refractivity contribution is -0.130. The number of hydrogen-bond acceptors (Lipinski definition) is 2. The lowest BCUT2D eigenvalue weighted by atomic mass is 10.2. The Bertz CT molecular complexity index is 263. The molecule has 1 N–H and O–H groups in total. The molecule has 13 heavy (non-hydrogen) atoms. The molecule has 1 aliphatic carbocycles. The van der Waals surface area contributed by atoms with Gasteiger partial charge >= 0.3 is 0 Å². The standard InChI is InChI=1S/C11H14O2/c12-11(8-4-5-9-11)13-10-6-2-1-3-7-10/h1-3,6-7,12H,4-5,8-9H2. The SMILES string of the molecule is OC1(Oc2ccccc2)CCCC1. The minimum Gasteiger partial charge on any atom is -0.463 e. The summed E-state index contributed by atoms with van der Waals surface area (Å²) in [6, 6.07) is 9.50. The van der Waals surface area contributed by atoms with E-state index in [-0.39, 0.29) is 0 Å². The molecule has 0 radical (unpaired) electrons. The second-order valence-electron chi connectivity index (χ2n) is 3.57. The van der Waals surface area contributed by atoms with Gasteiger partial charge in [-0.15, -0.1) is 0 Å². The zero-order valence-electron chi connectivity index (χ0n) is 7.57. The summed E-state index contributed by atoms with van der Waals surface area (Å²) >= 11 is 0. The van der Waals surface area contributed by atoms with Crippen LogP contribution in [0.25, 0.3) is 0 Å². The Morgan fingerprint density at radius 3 is 2.31 bits per heavy atom. The van der Waals surface area contributed by atoms with Crippen LogP contribution < -0.4 is 4.74 Å². The van der Waals surface area contributed by atoms with Crippen molar-refractivity contribution in [2.75, 3.05) is 0 Å². The van der Waals surface area contributed by atoms with Gasteiger partial charge in [-0.05, 0) is 25.0 Å². The van der Waals surface area contributed by atoms with Crippen LogP contribution in [0, 0.1) is 0 Å². The molecule has 1 saturated carbocycles. The Morgan fingerprint density at radius 2 is 1.69 bits per heavy atom. The lowest BCUT2D eigenvalue weighted by Gasteiger charge is -2.23. The minimum atomic E-state index is -0.901. The van der Waals surface area contributed by atoms with Gasteiger partial charge in [-0.3, -0.25) is 0 Å². The highest BCUT2D eigenvalue weighted by Gasteiger charge is 2.33. The highest BCUT2D eigenvalue weighted by Crippen LogP contribution is 2.31. The summed E-state index contributed by atoms with van der Waals surface area (Å²) in [5.41, 5.74) is 0. The Hall–Kier alpha value is -1.02. The van der Waals surface area contributed by atoms with Crippen molar-refractivity contribution < 1.29 is 9.84 Å². The van der Waals surface area contributed by atoms with Gasteiger partial charge in [0.2, 0.25) is 5.79 Å². The van der Waals surface area contributed by atoms with E-state index in [1.165, 1.54) is 0 Å². The number of aliphatic hydroxyl groups is 1. The second kappa shape index (κ2) is 3.38. The Morgan fingerprint density at radius 1 is 1.08 bits per heavy atom. The molecule has 0 amide bonds. The van der Waals surface area contributed by atoms with Gasteiger partial charge < -0.3 is 9.84 Å². The van der Waals surface area contributed by atoms with E-state index >= 15 is 0 Å². The van der Waals surface area contributed by atoms with E-state index < -0.39 is 5.79 Å². The predicted octanol–water partition coefficient (Wildman–Crippen LogP) is 2.33. The summed E-state index contributed by atoms with van der Waals surface area (Å²) in [6.45, 7) is 0. The predicted molar refractivity (Wildman–Crippen MR) is 50.5 cm³/mol. The fourth-order valence-electron chi connectivity index (χ4n) is 1.74. The maximum atomic E-state index is 9.92. The van der Waals surface area contributed by atoms with Crippen LogP contribution >= 0.6 is 0 Å². The number of rotatable bonds is 2. The average Bonchev–Trinajstić information content (AvgIpc) is 2.54. The summed E-state index contributed by atoms with van der Waals surface area (Å²) in [6.07, 6.45) is 3.62. The molecule has 0 saturated heterocycles. The number of ether oxygens (including phenoxy) is 1. The van der Waals surface area contributed by atoms with Gasteiger partial charge in [-0.25, -0.2) is 0 Å². The molecule has 1 aromatic carbocycles. The quantitative estimate of drug-likeness (QED) is 0.704. The van der Waals surface area contributed by atoms with Gasteiger partial charge in [0.05, 0.1) is 0 Å². The van der Waals surface area contributed by atoms with E-state index in [1.807, 2.05) is 30.3 Å². The molecule has 0 atom stereocenters. The molecule has 0 spiro atoms. The van der Waals surface area contributed by atoms with Crippen molar-refractivity contribution in [2.45, 2.75) is 31.5 Å². The first kappa shape index (κ1) is 8.57. The molecule has 2 rings (SSSR count). The number of benzene rings is 1. The molecule has 1 aromatic rings. The highest BCUT2D eigenvalue weighted by atomic mass is 16.6. The molecular weight excluding hydrogens is 164 g/mol. The monoisotopic (exact) mass is 178 g/mol. The van der Waals surface area contributed by atoms with Crippen molar-refractivity contribution in [1.82, 2.24) is 0 Å². The van der Waals surface area contributed by atoms with Crippen LogP contribution in [0.15, 0.2) is 30.3 Å². The lowest BCUT2D eigenvalue weighted by Crippen LogP contribution is -2.31. The van der Waals surface area contributed by atoms with Gasteiger partial charge in [0.15, 0.2) is 0 Å². The molecule has 2 heteroatoms. The molecule has 0 aliphatic heterocycles. The molecule has 2 nitrogen and oxygen atoms in total. The highest BCUT2D eigenvalue weighted by molar-refractivity contribution is 5.21. The normalized spacial score (nSPS) is 20.1. The maximum Gasteiger partial charge on any atom is 0.208 e. The van der Waals surface area contributed by atoms with Crippen molar-refractivity contribution in [2.24, 2.45) is 0 Å². The van der Waals surface area contributed by atoms with E-state index in [0.717, 1.165) is 31.4 Å². The van der Waals surface area contributed by atoms with Gasteiger partial charge in [0.1, 0.15) is 5.75 Å². The van der Waals surface area contributed by atoms with Crippen molar-refractivity contribution in [3.8, 4) is 5.75 Å². The van der Waals surface area contributed by atoms with Crippen LogP contribution in [0.3, 0.4) is 0 Å². The first-order valence-electron chi connectivity index (χ1n) is 4.75. The number of hydrogen-bond donors (Lipinski definition) is 1. The average molecular weight is 178 g/mol. The van der Waals surface area contributed by atoms with Gasteiger partial charge in [0, 0.05) is 12.8 Å². The molecular formula is C11H14O2. The van der Waals surface area contributed by atoms with Crippen molar-refractivity contribution in [3.05, 3.63) is 30.3 Å². The first-order chi connectivity index (χ1) is 6.29. The van der Waals surface area contributed by atoms with Crippen LogP contribution in [-0.4, -0.2) is 10.9 Å². The minimum absolute atomic E-state index is 0.752. The van der Waals surface area contributed by atoms with Crippen LogP contribution in [0.5, 0.6) is 5.75 Å². The second-order valence-corrected chi connectivity index (χ2v) is 3.57.